The first-order valence-corrected chi connectivity index (χ1v) is 5.05. The van der Waals surface area contributed by atoms with E-state index in [1.807, 2.05) is 36.4 Å². The van der Waals surface area contributed by atoms with E-state index in [4.69, 9.17) is 10.2 Å². The van der Waals surface area contributed by atoms with Crippen molar-refractivity contribution in [2.75, 3.05) is 6.61 Å². The molecule has 0 aliphatic heterocycles. The van der Waals surface area contributed by atoms with Gasteiger partial charge in [0.25, 0.3) is 0 Å². The summed E-state index contributed by atoms with van der Waals surface area (Å²) in [6.45, 7) is -0.386. The zero-order valence-corrected chi connectivity index (χ0v) is 8.63. The minimum absolute atomic E-state index is 0.386. The standard InChI is InChI=1S/C13H12O3/c14-8-12(13(15)16)11-7-3-5-9-4-1-2-6-10(9)11/h1-7,12,14H,8H2,(H,15,16)/t12-/m1/s1. The zero-order valence-electron chi connectivity index (χ0n) is 8.63. The van der Waals surface area contributed by atoms with E-state index >= 15 is 0 Å². The molecule has 0 heterocycles. The molecule has 2 aromatic carbocycles. The number of aliphatic hydroxyl groups excluding tert-OH is 1. The van der Waals surface area contributed by atoms with Gasteiger partial charge < -0.3 is 10.2 Å². The third kappa shape index (κ3) is 1.77. The van der Waals surface area contributed by atoms with Crippen LogP contribution in [0.3, 0.4) is 0 Å². The molecule has 0 fully saturated rings. The van der Waals surface area contributed by atoms with Crippen LogP contribution in [0.2, 0.25) is 0 Å². The summed E-state index contributed by atoms with van der Waals surface area (Å²) in [5, 5.41) is 20.0. The van der Waals surface area contributed by atoms with Crippen molar-refractivity contribution in [1.29, 1.82) is 0 Å². The Hall–Kier alpha value is -1.87. The smallest absolute Gasteiger partial charge is 0.313 e. The number of carboxylic acid groups (broad SMARTS) is 1. The minimum atomic E-state index is -1.00. The molecule has 2 N–H and O–H groups in total. The Bertz CT molecular complexity index is 514. The molecule has 1 atom stereocenters. The van der Waals surface area contributed by atoms with Gasteiger partial charge >= 0.3 is 5.97 Å². The molecule has 0 aromatic heterocycles. The lowest BCUT2D eigenvalue weighted by molar-refractivity contribution is -0.139. The highest BCUT2D eigenvalue weighted by molar-refractivity contribution is 5.90. The van der Waals surface area contributed by atoms with Crippen molar-refractivity contribution >= 4 is 16.7 Å². The van der Waals surface area contributed by atoms with Crippen molar-refractivity contribution in [2.24, 2.45) is 0 Å². The largest absolute Gasteiger partial charge is 0.481 e. The molecule has 0 bridgehead atoms. The Balaban J connectivity index is 2.63. The molecule has 2 rings (SSSR count). The molecule has 0 amide bonds. The second-order valence-electron chi connectivity index (χ2n) is 3.64. The van der Waals surface area contributed by atoms with Crippen LogP contribution >= 0.6 is 0 Å². The van der Waals surface area contributed by atoms with Crippen LogP contribution < -0.4 is 0 Å². The Labute approximate surface area is 93.0 Å². The van der Waals surface area contributed by atoms with E-state index in [2.05, 4.69) is 0 Å². The Morgan fingerprint density at radius 3 is 2.50 bits per heavy atom. The first kappa shape index (κ1) is 10.6. The third-order valence-electron chi connectivity index (χ3n) is 2.68. The molecule has 0 unspecified atom stereocenters. The maximum atomic E-state index is 11.0. The van der Waals surface area contributed by atoms with Gasteiger partial charge in [0, 0.05) is 0 Å². The number of fused-ring (bicyclic) bond motifs is 1. The lowest BCUT2D eigenvalue weighted by Gasteiger charge is -2.12. The normalized spacial score (nSPS) is 12.6. The maximum Gasteiger partial charge on any atom is 0.313 e. The van der Waals surface area contributed by atoms with Crippen LogP contribution in [0.25, 0.3) is 10.8 Å². The summed E-state index contributed by atoms with van der Waals surface area (Å²) >= 11 is 0. The number of carbonyl (C=O) groups is 1. The van der Waals surface area contributed by atoms with Crippen molar-refractivity contribution in [3.8, 4) is 0 Å². The summed E-state index contributed by atoms with van der Waals surface area (Å²) in [5.74, 6) is -1.86. The van der Waals surface area contributed by atoms with Gasteiger partial charge in [-0.2, -0.15) is 0 Å². The van der Waals surface area contributed by atoms with Gasteiger partial charge in [0.2, 0.25) is 0 Å². The van der Waals surface area contributed by atoms with E-state index in [-0.39, 0.29) is 6.61 Å². The molecule has 0 aliphatic carbocycles. The average molecular weight is 216 g/mol. The number of benzene rings is 2. The molecule has 0 saturated carbocycles. The van der Waals surface area contributed by atoms with Crippen molar-refractivity contribution < 1.29 is 15.0 Å². The predicted molar refractivity (Wildman–Crippen MR) is 61.4 cm³/mol. The molecule has 2 aromatic rings. The van der Waals surface area contributed by atoms with E-state index < -0.39 is 11.9 Å². The van der Waals surface area contributed by atoms with Crippen LogP contribution in [0.1, 0.15) is 11.5 Å². The molecule has 0 saturated heterocycles. The molecule has 0 spiro atoms. The summed E-state index contributed by atoms with van der Waals surface area (Å²) in [6, 6.07) is 13.0. The number of rotatable bonds is 3. The summed E-state index contributed by atoms with van der Waals surface area (Å²) in [5.41, 5.74) is 0.660. The average Bonchev–Trinajstić information content (AvgIpc) is 2.30. The quantitative estimate of drug-likeness (QED) is 0.825. The van der Waals surface area contributed by atoms with E-state index in [0.717, 1.165) is 10.8 Å². The van der Waals surface area contributed by atoms with Gasteiger partial charge in [-0.1, -0.05) is 42.5 Å². The third-order valence-corrected chi connectivity index (χ3v) is 2.68. The highest BCUT2D eigenvalue weighted by atomic mass is 16.4. The zero-order chi connectivity index (χ0) is 11.5. The fourth-order valence-electron chi connectivity index (χ4n) is 1.86. The van der Waals surface area contributed by atoms with Gasteiger partial charge in [-0.05, 0) is 16.3 Å². The number of hydrogen-bond donors (Lipinski definition) is 2. The first-order chi connectivity index (χ1) is 7.74. The maximum absolute atomic E-state index is 11.0. The summed E-state index contributed by atoms with van der Waals surface area (Å²) in [4.78, 5) is 11.0. The van der Waals surface area contributed by atoms with Crippen LogP contribution in [0.15, 0.2) is 42.5 Å². The fourth-order valence-corrected chi connectivity index (χ4v) is 1.86. The van der Waals surface area contributed by atoms with Crippen molar-refractivity contribution in [1.82, 2.24) is 0 Å². The molecule has 3 heteroatoms. The molecule has 16 heavy (non-hydrogen) atoms. The molecule has 0 radical (unpaired) electrons. The number of aliphatic hydroxyl groups is 1. The Morgan fingerprint density at radius 1 is 1.12 bits per heavy atom. The van der Waals surface area contributed by atoms with Gasteiger partial charge in [0.1, 0.15) is 5.92 Å². The van der Waals surface area contributed by atoms with E-state index in [1.54, 1.807) is 6.07 Å². The Kier molecular flexibility index (Phi) is 2.88. The Morgan fingerprint density at radius 2 is 1.81 bits per heavy atom. The van der Waals surface area contributed by atoms with Crippen LogP contribution in [-0.4, -0.2) is 22.8 Å². The van der Waals surface area contributed by atoms with Gasteiger partial charge in [0.15, 0.2) is 0 Å². The van der Waals surface area contributed by atoms with Crippen LogP contribution in [-0.2, 0) is 4.79 Å². The monoisotopic (exact) mass is 216 g/mol. The summed E-state index contributed by atoms with van der Waals surface area (Å²) in [6.07, 6.45) is 0. The van der Waals surface area contributed by atoms with Gasteiger partial charge in [-0.15, -0.1) is 0 Å². The summed E-state index contributed by atoms with van der Waals surface area (Å²) < 4.78 is 0. The number of hydrogen-bond acceptors (Lipinski definition) is 2. The lowest BCUT2D eigenvalue weighted by Crippen LogP contribution is -2.15. The van der Waals surface area contributed by atoms with Crippen molar-refractivity contribution in [2.45, 2.75) is 5.92 Å². The van der Waals surface area contributed by atoms with E-state index in [0.29, 0.717) is 5.56 Å². The minimum Gasteiger partial charge on any atom is -0.481 e. The topological polar surface area (TPSA) is 57.5 Å². The second kappa shape index (κ2) is 4.33. The molecule has 3 nitrogen and oxygen atoms in total. The second-order valence-corrected chi connectivity index (χ2v) is 3.64. The van der Waals surface area contributed by atoms with Gasteiger partial charge in [-0.25, -0.2) is 0 Å². The van der Waals surface area contributed by atoms with Crippen molar-refractivity contribution in [3.63, 3.8) is 0 Å². The highest BCUT2D eigenvalue weighted by Gasteiger charge is 2.20. The SMILES string of the molecule is O=C(O)[C@H](CO)c1cccc2ccccc12. The molecule has 0 aliphatic rings. The number of carboxylic acids is 1. The first-order valence-electron chi connectivity index (χ1n) is 5.05. The van der Waals surface area contributed by atoms with Crippen molar-refractivity contribution in [3.05, 3.63) is 48.0 Å². The van der Waals surface area contributed by atoms with Crippen LogP contribution in [0.5, 0.6) is 0 Å². The highest BCUT2D eigenvalue weighted by Crippen LogP contribution is 2.25. The van der Waals surface area contributed by atoms with E-state index in [1.165, 1.54) is 0 Å². The van der Waals surface area contributed by atoms with Crippen LogP contribution in [0, 0.1) is 0 Å². The molecule has 82 valence electrons. The van der Waals surface area contributed by atoms with E-state index in [9.17, 15) is 4.79 Å². The van der Waals surface area contributed by atoms with Gasteiger partial charge in [0.05, 0.1) is 6.61 Å². The lowest BCUT2D eigenvalue weighted by atomic mass is 9.94. The van der Waals surface area contributed by atoms with Gasteiger partial charge in [-0.3, -0.25) is 4.79 Å². The molecular weight excluding hydrogens is 204 g/mol. The van der Waals surface area contributed by atoms with Crippen LogP contribution in [0.4, 0.5) is 0 Å². The molecular formula is C13H12O3. The fraction of sp³-hybridized carbons (Fsp3) is 0.154. The summed E-state index contributed by atoms with van der Waals surface area (Å²) in [7, 11) is 0. The predicted octanol–water partition coefficient (Wildman–Crippen LogP) is 2.00. The number of aliphatic carboxylic acids is 1.